The minimum Gasteiger partial charge on any atom is -0.355 e. The summed E-state index contributed by atoms with van der Waals surface area (Å²) < 4.78 is 0. The van der Waals surface area contributed by atoms with Crippen molar-refractivity contribution in [1.29, 1.82) is 0 Å². The Kier molecular flexibility index (Phi) is 5.50. The van der Waals surface area contributed by atoms with Crippen molar-refractivity contribution < 1.29 is 0 Å². The second-order valence-electron chi connectivity index (χ2n) is 7.87. The zero-order valence-electron chi connectivity index (χ0n) is 18.0. The van der Waals surface area contributed by atoms with Crippen molar-refractivity contribution >= 4 is 11.4 Å². The molecule has 32 heavy (non-hydrogen) atoms. The standard InChI is InChI=1S/C30H24N2/c1-22-21-31-30(20-28(22)24-13-6-3-7-14-24)25-15-10-16-26(19-25)32-29-18-9-8-17-27(29)23-11-4-2-5-12-23/h2-21,32H,1H3. The second kappa shape index (κ2) is 8.91. The third kappa shape index (κ3) is 4.17. The van der Waals surface area contributed by atoms with Gasteiger partial charge in [0.1, 0.15) is 0 Å². The van der Waals surface area contributed by atoms with Gasteiger partial charge in [0.25, 0.3) is 0 Å². The van der Waals surface area contributed by atoms with Crippen LogP contribution in [0.25, 0.3) is 33.5 Å². The van der Waals surface area contributed by atoms with E-state index in [1.54, 1.807) is 0 Å². The Morgan fingerprint density at radius 2 is 1.19 bits per heavy atom. The molecule has 4 aromatic carbocycles. The molecule has 1 aromatic heterocycles. The Bertz CT molecular complexity index is 1340. The summed E-state index contributed by atoms with van der Waals surface area (Å²) in [4.78, 5) is 4.72. The van der Waals surface area contributed by atoms with Crippen molar-refractivity contribution in [1.82, 2.24) is 4.98 Å². The molecular weight excluding hydrogens is 388 g/mol. The van der Waals surface area contributed by atoms with Crippen LogP contribution in [0.3, 0.4) is 0 Å². The third-order valence-electron chi connectivity index (χ3n) is 5.64. The first-order chi connectivity index (χ1) is 15.8. The van der Waals surface area contributed by atoms with Gasteiger partial charge in [-0.15, -0.1) is 0 Å². The van der Waals surface area contributed by atoms with E-state index >= 15 is 0 Å². The van der Waals surface area contributed by atoms with E-state index in [1.165, 1.54) is 27.8 Å². The minimum atomic E-state index is 0.967. The van der Waals surface area contributed by atoms with E-state index in [2.05, 4.69) is 115 Å². The maximum Gasteiger partial charge on any atom is 0.0709 e. The molecule has 0 fully saturated rings. The third-order valence-corrected chi connectivity index (χ3v) is 5.64. The predicted octanol–water partition coefficient (Wildman–Crippen LogP) is 8.13. The highest BCUT2D eigenvalue weighted by molar-refractivity contribution is 5.82. The van der Waals surface area contributed by atoms with Crippen LogP contribution in [0.5, 0.6) is 0 Å². The molecule has 0 saturated carbocycles. The number of pyridine rings is 1. The summed E-state index contributed by atoms with van der Waals surface area (Å²) in [6.45, 7) is 2.11. The number of rotatable bonds is 5. The summed E-state index contributed by atoms with van der Waals surface area (Å²) in [6, 6.07) is 40.0. The van der Waals surface area contributed by atoms with Crippen LogP contribution in [0, 0.1) is 6.92 Å². The van der Waals surface area contributed by atoms with Crippen LogP contribution < -0.4 is 5.32 Å². The van der Waals surface area contributed by atoms with E-state index in [4.69, 9.17) is 4.98 Å². The van der Waals surface area contributed by atoms with Gasteiger partial charge in [0, 0.05) is 28.7 Å². The van der Waals surface area contributed by atoms with Crippen LogP contribution >= 0.6 is 0 Å². The second-order valence-corrected chi connectivity index (χ2v) is 7.87. The van der Waals surface area contributed by atoms with Crippen LogP contribution in [0.2, 0.25) is 0 Å². The Hall–Kier alpha value is -4.17. The Labute approximate surface area is 189 Å². The Morgan fingerprint density at radius 1 is 0.562 bits per heavy atom. The van der Waals surface area contributed by atoms with Gasteiger partial charge < -0.3 is 5.32 Å². The summed E-state index contributed by atoms with van der Waals surface area (Å²) in [5.74, 6) is 0. The van der Waals surface area contributed by atoms with Gasteiger partial charge in [0.2, 0.25) is 0 Å². The smallest absolute Gasteiger partial charge is 0.0709 e. The van der Waals surface area contributed by atoms with Crippen LogP contribution in [0.15, 0.2) is 121 Å². The number of para-hydroxylation sites is 1. The first-order valence-electron chi connectivity index (χ1n) is 10.8. The molecule has 1 heterocycles. The lowest BCUT2D eigenvalue weighted by Crippen LogP contribution is -1.94. The van der Waals surface area contributed by atoms with E-state index in [0.717, 1.165) is 22.6 Å². The van der Waals surface area contributed by atoms with E-state index in [9.17, 15) is 0 Å². The summed E-state index contributed by atoms with van der Waals surface area (Å²) in [5, 5.41) is 3.61. The van der Waals surface area contributed by atoms with Gasteiger partial charge in [0.15, 0.2) is 0 Å². The fourth-order valence-electron chi connectivity index (χ4n) is 3.98. The maximum atomic E-state index is 4.72. The number of benzene rings is 4. The monoisotopic (exact) mass is 412 g/mol. The van der Waals surface area contributed by atoms with Crippen LogP contribution in [0.1, 0.15) is 5.56 Å². The minimum absolute atomic E-state index is 0.967. The van der Waals surface area contributed by atoms with Crippen LogP contribution in [-0.2, 0) is 0 Å². The highest BCUT2D eigenvalue weighted by Crippen LogP contribution is 2.32. The van der Waals surface area contributed by atoms with E-state index in [-0.39, 0.29) is 0 Å². The van der Waals surface area contributed by atoms with Gasteiger partial charge in [-0.3, -0.25) is 4.98 Å². The summed E-state index contributed by atoms with van der Waals surface area (Å²) in [5.41, 5.74) is 10.1. The first-order valence-corrected chi connectivity index (χ1v) is 10.8. The van der Waals surface area contributed by atoms with Crippen LogP contribution in [0.4, 0.5) is 11.4 Å². The Morgan fingerprint density at radius 3 is 1.94 bits per heavy atom. The number of hydrogen-bond acceptors (Lipinski definition) is 2. The number of nitrogens with zero attached hydrogens (tertiary/aromatic N) is 1. The molecule has 0 spiro atoms. The number of aryl methyl sites for hydroxylation is 1. The van der Waals surface area contributed by atoms with Gasteiger partial charge in [0.05, 0.1) is 5.69 Å². The number of hydrogen-bond donors (Lipinski definition) is 1. The lowest BCUT2D eigenvalue weighted by Gasteiger charge is -2.14. The van der Waals surface area contributed by atoms with E-state index in [1.807, 2.05) is 18.3 Å². The number of nitrogens with one attached hydrogen (secondary N) is 1. The maximum absolute atomic E-state index is 4.72. The molecule has 0 unspecified atom stereocenters. The Balaban J connectivity index is 1.49. The van der Waals surface area contributed by atoms with Crippen LogP contribution in [-0.4, -0.2) is 4.98 Å². The van der Waals surface area contributed by atoms with E-state index < -0.39 is 0 Å². The molecule has 1 N–H and O–H groups in total. The molecule has 0 radical (unpaired) electrons. The topological polar surface area (TPSA) is 24.9 Å². The zero-order valence-corrected chi connectivity index (χ0v) is 18.0. The lowest BCUT2D eigenvalue weighted by molar-refractivity contribution is 1.27. The average molecular weight is 413 g/mol. The molecule has 0 saturated heterocycles. The molecule has 0 aliphatic carbocycles. The normalized spacial score (nSPS) is 10.7. The van der Waals surface area contributed by atoms with Crippen molar-refractivity contribution in [3.8, 4) is 33.5 Å². The number of anilines is 2. The molecule has 0 amide bonds. The van der Waals surface area contributed by atoms with Crippen molar-refractivity contribution in [3.05, 3.63) is 127 Å². The summed E-state index contributed by atoms with van der Waals surface area (Å²) in [6.07, 6.45) is 1.96. The van der Waals surface area contributed by atoms with E-state index in [0.29, 0.717) is 0 Å². The largest absolute Gasteiger partial charge is 0.355 e. The highest BCUT2D eigenvalue weighted by Gasteiger charge is 2.09. The zero-order chi connectivity index (χ0) is 21.8. The summed E-state index contributed by atoms with van der Waals surface area (Å²) in [7, 11) is 0. The quantitative estimate of drug-likeness (QED) is 0.315. The molecule has 2 heteroatoms. The first kappa shape index (κ1) is 19.8. The fraction of sp³-hybridized carbons (Fsp3) is 0.0333. The molecule has 0 aliphatic rings. The van der Waals surface area contributed by atoms with Gasteiger partial charge >= 0.3 is 0 Å². The van der Waals surface area contributed by atoms with Gasteiger partial charge in [-0.2, -0.15) is 0 Å². The summed E-state index contributed by atoms with van der Waals surface area (Å²) >= 11 is 0. The predicted molar refractivity (Wildman–Crippen MR) is 135 cm³/mol. The van der Waals surface area contributed by atoms with Gasteiger partial charge in [-0.25, -0.2) is 0 Å². The fourth-order valence-corrected chi connectivity index (χ4v) is 3.98. The molecule has 0 aliphatic heterocycles. The SMILES string of the molecule is Cc1cnc(-c2cccc(Nc3ccccc3-c3ccccc3)c2)cc1-c1ccccc1. The van der Waals surface area contributed by atoms with Crippen molar-refractivity contribution in [2.75, 3.05) is 5.32 Å². The average Bonchev–Trinajstić information content (AvgIpc) is 2.86. The molecule has 0 atom stereocenters. The molecule has 0 bridgehead atoms. The molecule has 5 aromatic rings. The van der Waals surface area contributed by atoms with Crippen molar-refractivity contribution in [2.45, 2.75) is 6.92 Å². The lowest BCUT2D eigenvalue weighted by atomic mass is 9.99. The molecule has 2 nitrogen and oxygen atoms in total. The molecular formula is C30H24N2. The van der Waals surface area contributed by atoms with Crippen molar-refractivity contribution in [2.24, 2.45) is 0 Å². The van der Waals surface area contributed by atoms with Crippen molar-refractivity contribution in [3.63, 3.8) is 0 Å². The number of aromatic nitrogens is 1. The molecule has 154 valence electrons. The highest BCUT2D eigenvalue weighted by atomic mass is 14.9. The van der Waals surface area contributed by atoms with Gasteiger partial charge in [-0.05, 0) is 53.4 Å². The van der Waals surface area contributed by atoms with Gasteiger partial charge in [-0.1, -0.05) is 91.0 Å². The molecule has 5 rings (SSSR count).